The molecular weight excluding hydrogens is 348 g/mol. The van der Waals surface area contributed by atoms with Crippen molar-refractivity contribution in [1.82, 2.24) is 9.96 Å². The van der Waals surface area contributed by atoms with Crippen LogP contribution in [0.1, 0.15) is 19.3 Å². The van der Waals surface area contributed by atoms with E-state index in [1.807, 2.05) is 0 Å². The molecule has 0 saturated carbocycles. The Bertz CT molecular complexity index is 720. The van der Waals surface area contributed by atoms with E-state index in [2.05, 4.69) is 4.84 Å². The SMILES string of the molecule is O=C(C[C@@H](CN1C(=O)C=CC1=O)S(=O)(=O)O)ON1C(=O)CCC1=O. The zero-order valence-corrected chi connectivity index (χ0v) is 12.9. The van der Waals surface area contributed by atoms with Gasteiger partial charge in [0.05, 0.1) is 6.42 Å². The lowest BCUT2D eigenvalue weighted by atomic mass is 10.3. The Morgan fingerprint density at radius 3 is 2.08 bits per heavy atom. The van der Waals surface area contributed by atoms with Crippen molar-refractivity contribution in [2.75, 3.05) is 6.54 Å². The van der Waals surface area contributed by atoms with Crippen LogP contribution in [0, 0.1) is 0 Å². The quantitative estimate of drug-likeness (QED) is 0.425. The number of hydrogen-bond acceptors (Lipinski definition) is 8. The normalized spacial score (nSPS) is 19.4. The molecule has 2 heterocycles. The molecule has 0 spiro atoms. The van der Waals surface area contributed by atoms with Gasteiger partial charge in [0.25, 0.3) is 33.7 Å². The number of imide groups is 2. The van der Waals surface area contributed by atoms with Crippen molar-refractivity contribution >= 4 is 39.7 Å². The molecule has 12 heteroatoms. The first-order chi connectivity index (χ1) is 11.1. The molecule has 1 N–H and O–H groups in total. The van der Waals surface area contributed by atoms with Gasteiger partial charge in [-0.05, 0) is 0 Å². The van der Waals surface area contributed by atoms with Crippen molar-refractivity contribution < 1.29 is 41.8 Å². The third-order valence-corrected chi connectivity index (χ3v) is 4.46. The molecule has 2 aliphatic rings. The number of hydroxylamine groups is 2. The third-order valence-electron chi connectivity index (χ3n) is 3.30. The summed E-state index contributed by atoms with van der Waals surface area (Å²) >= 11 is 0. The zero-order valence-electron chi connectivity index (χ0n) is 12.1. The van der Waals surface area contributed by atoms with E-state index in [-0.39, 0.29) is 17.9 Å². The molecule has 2 rings (SSSR count). The first kappa shape index (κ1) is 17.7. The van der Waals surface area contributed by atoms with Gasteiger partial charge in [0, 0.05) is 31.5 Å². The molecule has 1 fully saturated rings. The lowest BCUT2D eigenvalue weighted by Gasteiger charge is -2.20. The van der Waals surface area contributed by atoms with E-state index in [0.717, 1.165) is 12.2 Å². The molecule has 0 unspecified atom stereocenters. The number of rotatable bonds is 6. The fraction of sp³-hybridized carbons (Fsp3) is 0.417. The first-order valence-electron chi connectivity index (χ1n) is 6.66. The summed E-state index contributed by atoms with van der Waals surface area (Å²) < 4.78 is 31.9. The third kappa shape index (κ3) is 3.83. The number of hydrogen-bond donors (Lipinski definition) is 1. The van der Waals surface area contributed by atoms with Crippen LogP contribution in [-0.2, 0) is 38.9 Å². The Hall–Kier alpha value is -2.60. The van der Waals surface area contributed by atoms with Gasteiger partial charge in [-0.1, -0.05) is 0 Å². The Kier molecular flexibility index (Phi) is 4.80. The second kappa shape index (κ2) is 6.49. The molecule has 2 aliphatic heterocycles. The van der Waals surface area contributed by atoms with Crippen LogP contribution in [-0.4, -0.2) is 64.3 Å². The molecular formula is C12H12N2O9S. The van der Waals surface area contributed by atoms with Crippen molar-refractivity contribution in [3.05, 3.63) is 12.2 Å². The van der Waals surface area contributed by atoms with Crippen LogP contribution in [0.3, 0.4) is 0 Å². The molecule has 130 valence electrons. The minimum Gasteiger partial charge on any atom is -0.330 e. The van der Waals surface area contributed by atoms with Gasteiger partial charge < -0.3 is 4.84 Å². The summed E-state index contributed by atoms with van der Waals surface area (Å²) in [5.41, 5.74) is 0. The first-order valence-corrected chi connectivity index (χ1v) is 8.16. The van der Waals surface area contributed by atoms with Crippen molar-refractivity contribution in [3.8, 4) is 0 Å². The van der Waals surface area contributed by atoms with Gasteiger partial charge in [-0.2, -0.15) is 8.42 Å². The number of amides is 4. The van der Waals surface area contributed by atoms with E-state index >= 15 is 0 Å². The molecule has 0 aromatic rings. The lowest BCUT2D eigenvalue weighted by molar-refractivity contribution is -0.197. The summed E-state index contributed by atoms with van der Waals surface area (Å²) in [5, 5.41) is -1.64. The molecule has 0 aromatic heterocycles. The van der Waals surface area contributed by atoms with Crippen LogP contribution in [0.25, 0.3) is 0 Å². The molecule has 0 bridgehead atoms. The van der Waals surface area contributed by atoms with Crippen molar-refractivity contribution in [1.29, 1.82) is 0 Å². The fourth-order valence-corrected chi connectivity index (χ4v) is 2.75. The monoisotopic (exact) mass is 360 g/mol. The topological polar surface area (TPSA) is 155 Å². The van der Waals surface area contributed by atoms with Crippen molar-refractivity contribution in [2.24, 2.45) is 0 Å². The average molecular weight is 360 g/mol. The van der Waals surface area contributed by atoms with Gasteiger partial charge in [-0.3, -0.25) is 28.6 Å². The predicted octanol–water partition coefficient (Wildman–Crippen LogP) is -1.83. The average Bonchev–Trinajstić information content (AvgIpc) is 2.95. The maximum atomic E-state index is 11.7. The summed E-state index contributed by atoms with van der Waals surface area (Å²) in [5.74, 6) is -4.40. The zero-order chi connectivity index (χ0) is 18.1. The predicted molar refractivity (Wildman–Crippen MR) is 73.0 cm³/mol. The van der Waals surface area contributed by atoms with Crippen LogP contribution in [0.5, 0.6) is 0 Å². The summed E-state index contributed by atoms with van der Waals surface area (Å²) in [6.45, 7) is -0.777. The Morgan fingerprint density at radius 1 is 1.12 bits per heavy atom. The summed E-state index contributed by atoms with van der Waals surface area (Å²) in [7, 11) is -4.82. The minimum atomic E-state index is -4.82. The summed E-state index contributed by atoms with van der Waals surface area (Å²) in [6.07, 6.45) is 0.562. The highest BCUT2D eigenvalue weighted by Gasteiger charge is 2.37. The molecule has 1 atom stereocenters. The maximum absolute atomic E-state index is 11.7. The number of carbonyl (C=O) groups is 5. The molecule has 11 nitrogen and oxygen atoms in total. The molecule has 0 radical (unpaired) electrons. The van der Waals surface area contributed by atoms with E-state index in [4.69, 9.17) is 0 Å². The molecule has 1 saturated heterocycles. The van der Waals surface area contributed by atoms with E-state index in [0.29, 0.717) is 4.90 Å². The van der Waals surface area contributed by atoms with Crippen molar-refractivity contribution in [3.63, 3.8) is 0 Å². The Morgan fingerprint density at radius 2 is 1.62 bits per heavy atom. The van der Waals surface area contributed by atoms with Gasteiger partial charge in [0.2, 0.25) is 0 Å². The van der Waals surface area contributed by atoms with E-state index in [1.165, 1.54) is 0 Å². The van der Waals surface area contributed by atoms with Crippen molar-refractivity contribution in [2.45, 2.75) is 24.5 Å². The van der Waals surface area contributed by atoms with Gasteiger partial charge in [-0.25, -0.2) is 4.79 Å². The number of nitrogens with zero attached hydrogens (tertiary/aromatic N) is 2. The largest absolute Gasteiger partial charge is 0.334 e. The van der Waals surface area contributed by atoms with Crippen LogP contribution < -0.4 is 0 Å². The van der Waals surface area contributed by atoms with Gasteiger partial charge in [0.15, 0.2) is 0 Å². The van der Waals surface area contributed by atoms with Crippen LogP contribution in [0.2, 0.25) is 0 Å². The summed E-state index contributed by atoms with van der Waals surface area (Å²) in [6, 6.07) is 0. The standard InChI is InChI=1S/C12H12N2O9S/c15-8-1-2-9(16)13(8)6-7(24(20,21)22)5-12(19)23-14-10(17)3-4-11(14)18/h1-2,7H,3-6H2,(H,20,21,22)/t7-/m0/s1. The van der Waals surface area contributed by atoms with Gasteiger partial charge in [-0.15, -0.1) is 5.06 Å². The second-order valence-electron chi connectivity index (χ2n) is 5.01. The Balaban J connectivity index is 2.05. The number of carbonyl (C=O) groups excluding carboxylic acids is 5. The molecule has 24 heavy (non-hydrogen) atoms. The lowest BCUT2D eigenvalue weighted by Crippen LogP contribution is -2.42. The smallest absolute Gasteiger partial charge is 0.330 e. The maximum Gasteiger partial charge on any atom is 0.334 e. The van der Waals surface area contributed by atoms with Crippen LogP contribution in [0.15, 0.2) is 12.2 Å². The van der Waals surface area contributed by atoms with E-state index in [1.54, 1.807) is 0 Å². The summed E-state index contributed by atoms with van der Waals surface area (Å²) in [4.78, 5) is 62.3. The highest BCUT2D eigenvalue weighted by atomic mass is 32.2. The molecule has 0 aliphatic carbocycles. The van der Waals surface area contributed by atoms with Gasteiger partial charge >= 0.3 is 5.97 Å². The van der Waals surface area contributed by atoms with Crippen LogP contribution >= 0.6 is 0 Å². The minimum absolute atomic E-state index is 0.143. The fourth-order valence-electron chi connectivity index (χ4n) is 2.06. The van der Waals surface area contributed by atoms with Gasteiger partial charge in [0.1, 0.15) is 5.25 Å². The highest BCUT2D eigenvalue weighted by molar-refractivity contribution is 7.86. The Labute approximate surface area is 135 Å². The molecule has 4 amide bonds. The highest BCUT2D eigenvalue weighted by Crippen LogP contribution is 2.16. The molecule has 0 aromatic carbocycles. The van der Waals surface area contributed by atoms with Crippen LogP contribution in [0.4, 0.5) is 0 Å². The second-order valence-corrected chi connectivity index (χ2v) is 6.70. The van der Waals surface area contributed by atoms with E-state index in [9.17, 15) is 36.9 Å². The van der Waals surface area contributed by atoms with E-state index < -0.39 is 57.9 Å².